The van der Waals surface area contributed by atoms with E-state index in [0.29, 0.717) is 16.7 Å². The van der Waals surface area contributed by atoms with Crippen LogP contribution in [0.1, 0.15) is 18.0 Å². The van der Waals surface area contributed by atoms with E-state index in [1.54, 1.807) is 24.3 Å². The van der Waals surface area contributed by atoms with Crippen molar-refractivity contribution in [1.29, 1.82) is 0 Å². The van der Waals surface area contributed by atoms with Gasteiger partial charge in [0.1, 0.15) is 11.6 Å². The first-order valence-corrected chi connectivity index (χ1v) is 8.34. The Kier molecular flexibility index (Phi) is 7.28. The molecule has 0 aromatic heterocycles. The number of urea groups is 1. The molecule has 28 heavy (non-hydrogen) atoms. The minimum absolute atomic E-state index is 0.253. The Labute approximate surface area is 163 Å². The summed E-state index contributed by atoms with van der Waals surface area (Å²) in [6, 6.07) is 7.31. The molecule has 0 radical (unpaired) electrons. The Hall–Kier alpha value is -3.20. The maximum absolute atomic E-state index is 13.5. The van der Waals surface area contributed by atoms with E-state index >= 15 is 0 Å². The van der Waals surface area contributed by atoms with Crippen LogP contribution in [0.2, 0.25) is 5.02 Å². The number of ether oxygens (including phenoxy) is 1. The maximum Gasteiger partial charge on any atom is 0.312 e. The van der Waals surface area contributed by atoms with Gasteiger partial charge in [0, 0.05) is 11.1 Å². The van der Waals surface area contributed by atoms with Crippen molar-refractivity contribution in [3.63, 3.8) is 0 Å². The van der Waals surface area contributed by atoms with Crippen LogP contribution in [0.25, 0.3) is 0 Å². The van der Waals surface area contributed by atoms with Crippen LogP contribution in [0.4, 0.5) is 19.3 Å². The molecular weight excluding hydrogens is 396 g/mol. The molecule has 2 aromatic carbocycles. The number of amides is 3. The molecule has 0 spiro atoms. The van der Waals surface area contributed by atoms with Crippen molar-refractivity contribution in [3.05, 3.63) is 64.7 Å². The monoisotopic (exact) mass is 411 g/mol. The van der Waals surface area contributed by atoms with Crippen LogP contribution in [0.5, 0.6) is 0 Å². The number of nitrogens with two attached hydrogens (primary N) is 1. The fourth-order valence-corrected chi connectivity index (χ4v) is 2.39. The molecule has 0 aliphatic rings. The summed E-state index contributed by atoms with van der Waals surface area (Å²) in [4.78, 5) is 34.9. The molecule has 4 N–H and O–H groups in total. The molecule has 0 saturated carbocycles. The lowest BCUT2D eigenvalue weighted by molar-refractivity contribution is -0.147. The quantitative estimate of drug-likeness (QED) is 0.608. The predicted molar refractivity (Wildman–Crippen MR) is 97.5 cm³/mol. The number of nitrogens with one attached hydrogen (secondary N) is 2. The van der Waals surface area contributed by atoms with Gasteiger partial charge in [-0.25, -0.2) is 13.6 Å². The highest BCUT2D eigenvalue weighted by Crippen LogP contribution is 2.20. The van der Waals surface area contributed by atoms with E-state index in [1.165, 1.54) is 0 Å². The van der Waals surface area contributed by atoms with Crippen molar-refractivity contribution in [1.82, 2.24) is 5.32 Å². The average molecular weight is 412 g/mol. The largest absolute Gasteiger partial charge is 0.455 e. The van der Waals surface area contributed by atoms with Gasteiger partial charge in [-0.3, -0.25) is 9.59 Å². The molecule has 0 saturated heterocycles. The summed E-state index contributed by atoms with van der Waals surface area (Å²) in [6.07, 6.45) is -0.303. The molecule has 148 valence electrons. The predicted octanol–water partition coefficient (Wildman–Crippen LogP) is 2.90. The summed E-state index contributed by atoms with van der Waals surface area (Å²) in [5, 5.41) is 5.02. The highest BCUT2D eigenvalue weighted by atomic mass is 35.5. The fraction of sp³-hybridized carbons (Fsp3) is 0.167. The first kappa shape index (κ1) is 21.1. The number of benzene rings is 2. The standard InChI is InChI=1S/C18H16ClF2N3O4/c19-11-3-1-10(2-4-11)15(24-18(22)27)8-17(26)28-9-16(25)23-14-6-5-12(20)7-13(14)21/h1-7,15H,8-9H2,(H,23,25)(H3,22,24,27)/t15-/m1/s1. The Balaban J connectivity index is 1.92. The third kappa shape index (κ3) is 6.51. The van der Waals surface area contributed by atoms with Crippen LogP contribution in [-0.4, -0.2) is 24.5 Å². The number of primary amides is 1. The topological polar surface area (TPSA) is 111 Å². The lowest BCUT2D eigenvalue weighted by atomic mass is 10.0. The second kappa shape index (κ2) is 9.65. The summed E-state index contributed by atoms with van der Waals surface area (Å²) in [7, 11) is 0. The van der Waals surface area contributed by atoms with Crippen LogP contribution in [0, 0.1) is 11.6 Å². The van der Waals surface area contributed by atoms with Gasteiger partial charge >= 0.3 is 12.0 Å². The number of hydrogen-bond acceptors (Lipinski definition) is 4. The number of anilines is 1. The van der Waals surface area contributed by atoms with Crippen LogP contribution in [0.15, 0.2) is 42.5 Å². The number of rotatable bonds is 7. The van der Waals surface area contributed by atoms with E-state index < -0.39 is 42.2 Å². The van der Waals surface area contributed by atoms with E-state index in [0.717, 1.165) is 12.1 Å². The van der Waals surface area contributed by atoms with Gasteiger partial charge in [-0.2, -0.15) is 0 Å². The van der Waals surface area contributed by atoms with E-state index in [4.69, 9.17) is 22.1 Å². The molecule has 0 heterocycles. The van der Waals surface area contributed by atoms with Gasteiger partial charge in [-0.15, -0.1) is 0 Å². The SMILES string of the molecule is NC(=O)N[C@H](CC(=O)OCC(=O)Nc1ccc(F)cc1F)c1ccc(Cl)cc1. The van der Waals surface area contributed by atoms with Gasteiger partial charge < -0.3 is 21.1 Å². The molecule has 0 bridgehead atoms. The van der Waals surface area contributed by atoms with Crippen molar-refractivity contribution in [2.45, 2.75) is 12.5 Å². The zero-order valence-electron chi connectivity index (χ0n) is 14.4. The third-order valence-corrected chi connectivity index (χ3v) is 3.78. The maximum atomic E-state index is 13.5. The molecule has 0 fully saturated rings. The Morgan fingerprint density at radius 2 is 1.79 bits per heavy atom. The van der Waals surface area contributed by atoms with Gasteiger partial charge in [0.2, 0.25) is 0 Å². The molecule has 0 aliphatic carbocycles. The van der Waals surface area contributed by atoms with E-state index in [-0.39, 0.29) is 12.1 Å². The molecule has 3 amide bonds. The van der Waals surface area contributed by atoms with Crippen LogP contribution in [-0.2, 0) is 14.3 Å². The first-order chi connectivity index (χ1) is 13.2. The van der Waals surface area contributed by atoms with Crippen LogP contribution in [0.3, 0.4) is 0 Å². The summed E-state index contributed by atoms with van der Waals surface area (Å²) in [5.41, 5.74) is 5.42. The number of hydrogen-bond donors (Lipinski definition) is 3. The highest BCUT2D eigenvalue weighted by molar-refractivity contribution is 6.30. The zero-order chi connectivity index (χ0) is 20.7. The van der Waals surface area contributed by atoms with Gasteiger partial charge in [0.05, 0.1) is 18.2 Å². The fourth-order valence-electron chi connectivity index (χ4n) is 2.27. The molecule has 10 heteroatoms. The number of halogens is 3. The van der Waals surface area contributed by atoms with E-state index in [2.05, 4.69) is 10.6 Å². The van der Waals surface area contributed by atoms with Crippen molar-refractivity contribution >= 4 is 35.2 Å². The van der Waals surface area contributed by atoms with Crippen LogP contribution >= 0.6 is 11.6 Å². The van der Waals surface area contributed by atoms with E-state index in [9.17, 15) is 23.2 Å². The van der Waals surface area contributed by atoms with Gasteiger partial charge in [-0.05, 0) is 29.8 Å². The molecular formula is C18H16ClF2N3O4. The minimum atomic E-state index is -0.965. The summed E-state index contributed by atoms with van der Waals surface area (Å²) >= 11 is 5.80. The summed E-state index contributed by atoms with van der Waals surface area (Å²) < 4.78 is 31.2. The van der Waals surface area contributed by atoms with Gasteiger partial charge in [0.15, 0.2) is 6.61 Å². The Morgan fingerprint density at radius 1 is 1.11 bits per heavy atom. The second-order valence-electron chi connectivity index (χ2n) is 5.65. The van der Waals surface area contributed by atoms with E-state index in [1.807, 2.05) is 0 Å². The smallest absolute Gasteiger partial charge is 0.312 e. The zero-order valence-corrected chi connectivity index (χ0v) is 15.1. The Morgan fingerprint density at radius 3 is 2.39 bits per heavy atom. The van der Waals surface area contributed by atoms with Crippen molar-refractivity contribution in [2.24, 2.45) is 5.73 Å². The molecule has 7 nitrogen and oxygen atoms in total. The molecule has 0 aliphatic heterocycles. The third-order valence-electron chi connectivity index (χ3n) is 3.53. The minimum Gasteiger partial charge on any atom is -0.455 e. The lowest BCUT2D eigenvalue weighted by Crippen LogP contribution is -2.35. The molecule has 1 atom stereocenters. The first-order valence-electron chi connectivity index (χ1n) is 7.96. The van der Waals surface area contributed by atoms with Crippen molar-refractivity contribution < 1.29 is 27.9 Å². The second-order valence-corrected chi connectivity index (χ2v) is 6.09. The summed E-state index contributed by atoms with van der Waals surface area (Å²) in [6.45, 7) is -0.695. The molecule has 2 aromatic rings. The van der Waals surface area contributed by atoms with Gasteiger partial charge in [-0.1, -0.05) is 23.7 Å². The summed E-state index contributed by atoms with van der Waals surface area (Å²) in [5.74, 6) is -3.38. The number of carbonyl (C=O) groups is 3. The lowest BCUT2D eigenvalue weighted by Gasteiger charge is -2.17. The van der Waals surface area contributed by atoms with Crippen molar-refractivity contribution in [3.8, 4) is 0 Å². The van der Waals surface area contributed by atoms with Gasteiger partial charge in [0.25, 0.3) is 5.91 Å². The average Bonchev–Trinajstić information content (AvgIpc) is 2.62. The van der Waals surface area contributed by atoms with Crippen molar-refractivity contribution in [2.75, 3.05) is 11.9 Å². The molecule has 2 rings (SSSR count). The Bertz CT molecular complexity index is 878. The number of esters is 1. The van der Waals surface area contributed by atoms with Crippen LogP contribution < -0.4 is 16.4 Å². The highest BCUT2D eigenvalue weighted by Gasteiger charge is 2.19. The molecule has 0 unspecified atom stereocenters. The number of carbonyl (C=O) groups excluding carboxylic acids is 3. The normalized spacial score (nSPS) is 11.4.